The Bertz CT molecular complexity index is 658. The standard InChI is InChI=1S/C11H12FN3O6/c12-1-4-7(17)6(3-16)21-9(4)15-2-5(10(18)19)8(13)14-11(15)20/h1-2,6-7,9,16-17H,3H2,(H,18,19)(H2,13,14,20)/b4-1+. The van der Waals surface area contributed by atoms with Crippen LogP contribution in [0.25, 0.3) is 0 Å². The fraction of sp³-hybridized carbons (Fsp3) is 0.364. The molecule has 9 nitrogen and oxygen atoms in total. The van der Waals surface area contributed by atoms with E-state index in [0.29, 0.717) is 4.57 Å². The number of nitrogens with two attached hydrogens (primary N) is 1. The first-order valence-electron chi connectivity index (χ1n) is 5.77. The van der Waals surface area contributed by atoms with Crippen LogP contribution in [0.2, 0.25) is 0 Å². The van der Waals surface area contributed by atoms with Crippen molar-refractivity contribution in [1.29, 1.82) is 0 Å². The zero-order valence-corrected chi connectivity index (χ0v) is 10.5. The van der Waals surface area contributed by atoms with Crippen molar-refractivity contribution in [3.8, 4) is 0 Å². The fourth-order valence-electron chi connectivity index (χ4n) is 1.98. The first kappa shape index (κ1) is 15.1. The van der Waals surface area contributed by atoms with E-state index in [1.807, 2.05) is 0 Å². The molecule has 21 heavy (non-hydrogen) atoms. The van der Waals surface area contributed by atoms with Gasteiger partial charge in [0.1, 0.15) is 23.6 Å². The van der Waals surface area contributed by atoms with Crippen LogP contribution in [0.1, 0.15) is 16.6 Å². The van der Waals surface area contributed by atoms with Gasteiger partial charge in [0.15, 0.2) is 6.23 Å². The van der Waals surface area contributed by atoms with Gasteiger partial charge < -0.3 is 25.8 Å². The predicted molar refractivity (Wildman–Crippen MR) is 66.1 cm³/mol. The van der Waals surface area contributed by atoms with E-state index in [0.717, 1.165) is 6.20 Å². The van der Waals surface area contributed by atoms with Gasteiger partial charge >= 0.3 is 11.7 Å². The lowest BCUT2D eigenvalue weighted by Gasteiger charge is -2.15. The number of carboxylic acid groups (broad SMARTS) is 1. The monoisotopic (exact) mass is 301 g/mol. The Balaban J connectivity index is 2.54. The van der Waals surface area contributed by atoms with E-state index in [1.165, 1.54) is 0 Å². The third-order valence-electron chi connectivity index (χ3n) is 3.05. The zero-order chi connectivity index (χ0) is 15.7. The summed E-state index contributed by atoms with van der Waals surface area (Å²) in [7, 11) is 0. The SMILES string of the molecule is Nc1nc(=O)n(C2OC(CO)C(O)/C2=C\F)cc1C(=O)O. The molecule has 3 unspecified atom stereocenters. The Morgan fingerprint density at radius 3 is 2.81 bits per heavy atom. The summed E-state index contributed by atoms with van der Waals surface area (Å²) < 4.78 is 18.7. The number of aliphatic hydroxyl groups excluding tert-OH is 2. The smallest absolute Gasteiger partial charge is 0.351 e. The van der Waals surface area contributed by atoms with Crippen LogP contribution in [-0.2, 0) is 4.74 Å². The van der Waals surface area contributed by atoms with Crippen molar-refractivity contribution in [1.82, 2.24) is 9.55 Å². The Kier molecular flexibility index (Phi) is 4.02. The summed E-state index contributed by atoms with van der Waals surface area (Å²) in [6.45, 7) is -0.613. The Morgan fingerprint density at radius 2 is 2.29 bits per heavy atom. The van der Waals surface area contributed by atoms with Gasteiger partial charge in [-0.25, -0.2) is 14.0 Å². The number of aromatic carboxylic acids is 1. The van der Waals surface area contributed by atoms with E-state index < -0.39 is 48.1 Å². The number of nitrogens with zero attached hydrogens (tertiary/aromatic N) is 2. The second-order valence-electron chi connectivity index (χ2n) is 4.30. The molecule has 0 radical (unpaired) electrons. The van der Waals surface area contributed by atoms with Gasteiger partial charge in [-0.2, -0.15) is 4.98 Å². The third kappa shape index (κ3) is 2.51. The maximum absolute atomic E-state index is 12.9. The topological polar surface area (TPSA) is 148 Å². The summed E-state index contributed by atoms with van der Waals surface area (Å²) >= 11 is 0. The lowest BCUT2D eigenvalue weighted by molar-refractivity contribution is -0.0448. The maximum atomic E-state index is 12.9. The van der Waals surface area contributed by atoms with Crippen LogP contribution in [-0.4, -0.2) is 49.7 Å². The van der Waals surface area contributed by atoms with Crippen LogP contribution in [0, 0.1) is 0 Å². The summed E-state index contributed by atoms with van der Waals surface area (Å²) in [5.74, 6) is -1.93. The lowest BCUT2D eigenvalue weighted by atomic mass is 10.1. The summed E-state index contributed by atoms with van der Waals surface area (Å²) in [6, 6.07) is 0. The number of anilines is 1. The molecule has 0 bridgehead atoms. The first-order chi connectivity index (χ1) is 9.90. The van der Waals surface area contributed by atoms with Gasteiger partial charge in [-0.15, -0.1) is 0 Å². The molecule has 1 aliphatic rings. The second kappa shape index (κ2) is 5.60. The van der Waals surface area contributed by atoms with Crippen molar-refractivity contribution in [2.75, 3.05) is 12.3 Å². The molecule has 10 heteroatoms. The van der Waals surface area contributed by atoms with Crippen molar-refractivity contribution in [2.45, 2.75) is 18.4 Å². The minimum atomic E-state index is -1.47. The number of halogens is 1. The highest BCUT2D eigenvalue weighted by Crippen LogP contribution is 2.33. The van der Waals surface area contributed by atoms with Gasteiger partial charge in [-0.3, -0.25) is 4.57 Å². The van der Waals surface area contributed by atoms with E-state index in [1.54, 1.807) is 0 Å². The molecule has 0 saturated carbocycles. The molecule has 0 aromatic carbocycles. The van der Waals surface area contributed by atoms with Crippen LogP contribution < -0.4 is 11.4 Å². The average molecular weight is 301 g/mol. The summed E-state index contributed by atoms with van der Waals surface area (Å²) in [5.41, 5.74) is 3.53. The molecule has 114 valence electrons. The fourth-order valence-corrected chi connectivity index (χ4v) is 1.98. The van der Waals surface area contributed by atoms with Crippen LogP contribution in [0.15, 0.2) is 22.9 Å². The van der Waals surface area contributed by atoms with Gasteiger partial charge in [0.05, 0.1) is 12.9 Å². The number of hydrogen-bond acceptors (Lipinski definition) is 7. The normalized spacial score (nSPS) is 27.2. The number of hydrogen-bond donors (Lipinski definition) is 4. The van der Waals surface area contributed by atoms with Gasteiger partial charge in [-0.05, 0) is 0 Å². The highest BCUT2D eigenvalue weighted by molar-refractivity contribution is 5.92. The molecular formula is C11H12FN3O6. The van der Waals surface area contributed by atoms with Crippen molar-refractivity contribution < 1.29 is 29.2 Å². The largest absolute Gasteiger partial charge is 0.478 e. The van der Waals surface area contributed by atoms with Gasteiger partial charge in [0.2, 0.25) is 0 Å². The summed E-state index contributed by atoms with van der Waals surface area (Å²) in [5, 5.41) is 27.7. The highest BCUT2D eigenvalue weighted by Gasteiger charge is 2.40. The zero-order valence-electron chi connectivity index (χ0n) is 10.5. The average Bonchev–Trinajstić information content (AvgIpc) is 2.74. The summed E-state index contributed by atoms with van der Waals surface area (Å²) in [6.07, 6.45) is -3.15. The molecule has 2 rings (SSSR count). The van der Waals surface area contributed by atoms with E-state index in [2.05, 4.69) is 4.98 Å². The maximum Gasteiger partial charge on any atom is 0.351 e. The lowest BCUT2D eigenvalue weighted by Crippen LogP contribution is -2.30. The Labute approximate surface area is 116 Å². The molecule has 1 aliphatic heterocycles. The van der Waals surface area contributed by atoms with E-state index in [9.17, 15) is 19.1 Å². The molecule has 0 amide bonds. The minimum Gasteiger partial charge on any atom is -0.478 e. The van der Waals surface area contributed by atoms with Crippen molar-refractivity contribution >= 4 is 11.8 Å². The number of nitrogen functional groups attached to an aromatic ring is 1. The Morgan fingerprint density at radius 1 is 1.62 bits per heavy atom. The third-order valence-corrected chi connectivity index (χ3v) is 3.05. The first-order valence-corrected chi connectivity index (χ1v) is 5.77. The van der Waals surface area contributed by atoms with Crippen molar-refractivity contribution in [3.05, 3.63) is 34.1 Å². The Hall–Kier alpha value is -2.30. The van der Waals surface area contributed by atoms with E-state index in [4.69, 9.17) is 20.7 Å². The molecule has 1 aromatic heterocycles. The van der Waals surface area contributed by atoms with Crippen molar-refractivity contribution in [3.63, 3.8) is 0 Å². The minimum absolute atomic E-state index is 0.0359. The summed E-state index contributed by atoms with van der Waals surface area (Å²) in [4.78, 5) is 26.1. The quantitative estimate of drug-likeness (QED) is 0.534. The molecule has 5 N–H and O–H groups in total. The number of aliphatic hydroxyl groups is 2. The molecular weight excluding hydrogens is 289 g/mol. The number of carbonyl (C=O) groups is 1. The van der Waals surface area contributed by atoms with E-state index >= 15 is 0 Å². The highest BCUT2D eigenvalue weighted by atomic mass is 19.1. The molecule has 1 saturated heterocycles. The van der Waals surface area contributed by atoms with Crippen LogP contribution >= 0.6 is 0 Å². The second-order valence-corrected chi connectivity index (χ2v) is 4.30. The molecule has 3 atom stereocenters. The van der Waals surface area contributed by atoms with Gasteiger partial charge in [0.25, 0.3) is 0 Å². The van der Waals surface area contributed by atoms with Crippen molar-refractivity contribution in [2.24, 2.45) is 0 Å². The number of ether oxygens (including phenoxy) is 1. The number of aromatic nitrogens is 2. The number of rotatable bonds is 3. The molecule has 0 aliphatic carbocycles. The molecule has 0 spiro atoms. The van der Waals surface area contributed by atoms with Crippen LogP contribution in [0.3, 0.4) is 0 Å². The molecule has 2 heterocycles. The number of carboxylic acids is 1. The molecule has 1 fully saturated rings. The van der Waals surface area contributed by atoms with Crippen LogP contribution in [0.4, 0.5) is 10.2 Å². The van der Waals surface area contributed by atoms with Gasteiger partial charge in [-0.1, -0.05) is 0 Å². The van der Waals surface area contributed by atoms with Crippen LogP contribution in [0.5, 0.6) is 0 Å². The molecule has 1 aromatic rings. The predicted octanol–water partition coefficient (Wildman–Crippen LogP) is -1.37. The van der Waals surface area contributed by atoms with E-state index in [-0.39, 0.29) is 11.9 Å². The van der Waals surface area contributed by atoms with Gasteiger partial charge in [0, 0.05) is 11.8 Å².